The van der Waals surface area contributed by atoms with Crippen molar-refractivity contribution in [1.29, 1.82) is 0 Å². The van der Waals surface area contributed by atoms with Crippen LogP contribution in [-0.2, 0) is 0 Å². The van der Waals surface area contributed by atoms with Gasteiger partial charge in [0.2, 0.25) is 0 Å². The van der Waals surface area contributed by atoms with Gasteiger partial charge in [0.25, 0.3) is 0 Å². The van der Waals surface area contributed by atoms with E-state index in [9.17, 15) is 4.39 Å². The lowest BCUT2D eigenvalue weighted by atomic mass is 9.99. The number of halogens is 1. The number of hydrogen-bond donors (Lipinski definition) is 1. The number of benzene rings is 3. The van der Waals surface area contributed by atoms with E-state index in [1.165, 1.54) is 31.4 Å². The summed E-state index contributed by atoms with van der Waals surface area (Å²) in [7, 11) is 0. The second kappa shape index (κ2) is 9.49. The third-order valence-corrected chi connectivity index (χ3v) is 6.21. The van der Waals surface area contributed by atoms with E-state index >= 15 is 0 Å². The molecule has 3 aromatic carbocycles. The lowest BCUT2D eigenvalue weighted by Gasteiger charge is -2.24. The Kier molecular flexibility index (Phi) is 6.13. The minimum atomic E-state index is -0.233. The van der Waals surface area contributed by atoms with Gasteiger partial charge in [-0.25, -0.2) is 4.39 Å². The highest BCUT2D eigenvalue weighted by Gasteiger charge is 2.16. The van der Waals surface area contributed by atoms with Crippen molar-refractivity contribution in [3.63, 3.8) is 0 Å². The quantitative estimate of drug-likeness (QED) is 0.376. The maximum Gasteiger partial charge on any atom is 0.138 e. The highest BCUT2D eigenvalue weighted by molar-refractivity contribution is 5.94. The zero-order valence-corrected chi connectivity index (χ0v) is 18.1. The van der Waals surface area contributed by atoms with Crippen molar-refractivity contribution in [2.75, 3.05) is 13.2 Å². The number of nitrogens with one attached hydrogen (secondary N) is 1. The SMILES string of the molecule is Fc1ccc(-c2ccc3ncc(-c4ccccc4)c(OCCC4CCCCN4)c3c2)cc1. The van der Waals surface area contributed by atoms with Crippen LogP contribution in [0.5, 0.6) is 5.75 Å². The van der Waals surface area contributed by atoms with Crippen LogP contribution in [0, 0.1) is 5.82 Å². The number of ether oxygens (including phenoxy) is 1. The summed E-state index contributed by atoms with van der Waals surface area (Å²) in [6, 6.07) is 23.5. The highest BCUT2D eigenvalue weighted by atomic mass is 19.1. The van der Waals surface area contributed by atoms with Crippen LogP contribution < -0.4 is 10.1 Å². The summed E-state index contributed by atoms with van der Waals surface area (Å²) in [4.78, 5) is 4.71. The van der Waals surface area contributed by atoms with Crippen LogP contribution in [0.4, 0.5) is 4.39 Å². The Labute approximate surface area is 188 Å². The van der Waals surface area contributed by atoms with E-state index in [-0.39, 0.29) is 5.82 Å². The third-order valence-electron chi connectivity index (χ3n) is 6.21. The van der Waals surface area contributed by atoms with E-state index in [2.05, 4.69) is 23.5 Å². The molecule has 5 rings (SSSR count). The summed E-state index contributed by atoms with van der Waals surface area (Å²) in [5.41, 5.74) is 4.95. The number of aromatic nitrogens is 1. The second-order valence-electron chi connectivity index (χ2n) is 8.39. The summed E-state index contributed by atoms with van der Waals surface area (Å²) in [6.07, 6.45) is 6.64. The van der Waals surface area contributed by atoms with E-state index in [1.54, 1.807) is 12.1 Å². The number of hydrogen-bond acceptors (Lipinski definition) is 3. The van der Waals surface area contributed by atoms with E-state index in [1.807, 2.05) is 36.5 Å². The zero-order chi connectivity index (χ0) is 21.8. The highest BCUT2D eigenvalue weighted by Crippen LogP contribution is 2.37. The van der Waals surface area contributed by atoms with Crippen molar-refractivity contribution >= 4 is 10.9 Å². The van der Waals surface area contributed by atoms with Gasteiger partial charge >= 0.3 is 0 Å². The monoisotopic (exact) mass is 426 g/mol. The smallest absolute Gasteiger partial charge is 0.138 e. The van der Waals surface area contributed by atoms with Crippen LogP contribution in [0.3, 0.4) is 0 Å². The molecular weight excluding hydrogens is 399 g/mol. The Morgan fingerprint density at radius 3 is 2.50 bits per heavy atom. The molecule has 0 bridgehead atoms. The third kappa shape index (κ3) is 4.51. The molecule has 4 heteroatoms. The first-order chi connectivity index (χ1) is 15.8. The number of fused-ring (bicyclic) bond motifs is 1. The molecule has 1 unspecified atom stereocenters. The molecule has 1 fully saturated rings. The van der Waals surface area contributed by atoms with Crippen molar-refractivity contribution in [3.05, 3.63) is 84.8 Å². The van der Waals surface area contributed by atoms with E-state index < -0.39 is 0 Å². The van der Waals surface area contributed by atoms with Gasteiger partial charge in [-0.3, -0.25) is 4.98 Å². The topological polar surface area (TPSA) is 34.1 Å². The van der Waals surface area contributed by atoms with E-state index in [0.717, 1.165) is 51.9 Å². The number of pyridine rings is 1. The molecule has 4 aromatic rings. The van der Waals surface area contributed by atoms with Gasteiger partial charge < -0.3 is 10.1 Å². The molecule has 0 spiro atoms. The summed E-state index contributed by atoms with van der Waals surface area (Å²) in [5, 5.41) is 4.58. The molecule has 1 aliphatic rings. The van der Waals surface area contributed by atoms with Gasteiger partial charge in [-0.05, 0) is 66.8 Å². The molecule has 1 atom stereocenters. The van der Waals surface area contributed by atoms with E-state index in [4.69, 9.17) is 9.72 Å². The Balaban J connectivity index is 1.53. The predicted molar refractivity (Wildman–Crippen MR) is 128 cm³/mol. The van der Waals surface area contributed by atoms with Crippen LogP contribution in [-0.4, -0.2) is 24.2 Å². The predicted octanol–water partition coefficient (Wildman–Crippen LogP) is 6.62. The lowest BCUT2D eigenvalue weighted by Crippen LogP contribution is -2.35. The van der Waals surface area contributed by atoms with Crippen molar-refractivity contribution in [1.82, 2.24) is 10.3 Å². The molecule has 162 valence electrons. The second-order valence-corrected chi connectivity index (χ2v) is 8.39. The molecule has 32 heavy (non-hydrogen) atoms. The van der Waals surface area contributed by atoms with Gasteiger partial charge in [-0.15, -0.1) is 0 Å². The Morgan fingerprint density at radius 2 is 1.72 bits per heavy atom. The number of nitrogens with zero attached hydrogens (tertiary/aromatic N) is 1. The Morgan fingerprint density at radius 1 is 0.906 bits per heavy atom. The Bertz CT molecular complexity index is 1190. The molecule has 1 N–H and O–H groups in total. The van der Waals surface area contributed by atoms with Crippen LogP contribution in [0.2, 0.25) is 0 Å². The molecule has 0 radical (unpaired) electrons. The maximum atomic E-state index is 13.4. The first kappa shape index (κ1) is 20.7. The maximum absolute atomic E-state index is 13.4. The summed E-state index contributed by atoms with van der Waals surface area (Å²) < 4.78 is 19.9. The van der Waals surface area contributed by atoms with Gasteiger partial charge in [0.1, 0.15) is 11.6 Å². The Hall–Kier alpha value is -3.24. The summed E-state index contributed by atoms with van der Waals surface area (Å²) >= 11 is 0. The molecule has 0 amide bonds. The first-order valence-electron chi connectivity index (χ1n) is 11.4. The van der Waals surface area contributed by atoms with Crippen LogP contribution in [0.1, 0.15) is 25.7 Å². The van der Waals surface area contributed by atoms with Crippen molar-refractivity contribution < 1.29 is 9.13 Å². The number of piperidine rings is 1. The standard InChI is InChI=1S/C28H27FN2O/c29-23-12-9-20(10-13-23)22-11-14-27-25(18-22)28(32-17-15-24-8-4-5-16-30-24)26(19-31-27)21-6-2-1-3-7-21/h1-3,6-7,9-14,18-19,24,30H,4-5,8,15-17H2. The van der Waals surface area contributed by atoms with Crippen LogP contribution in [0.15, 0.2) is 79.0 Å². The fourth-order valence-corrected chi connectivity index (χ4v) is 4.44. The molecule has 0 aliphatic carbocycles. The zero-order valence-electron chi connectivity index (χ0n) is 18.1. The molecule has 1 aromatic heterocycles. The first-order valence-corrected chi connectivity index (χ1v) is 11.4. The largest absolute Gasteiger partial charge is 0.492 e. The van der Waals surface area contributed by atoms with Gasteiger partial charge in [0, 0.05) is 23.2 Å². The molecule has 1 saturated heterocycles. The minimum absolute atomic E-state index is 0.233. The van der Waals surface area contributed by atoms with Crippen molar-refractivity contribution in [3.8, 4) is 28.0 Å². The average Bonchev–Trinajstić information content (AvgIpc) is 2.85. The fraction of sp³-hybridized carbons (Fsp3) is 0.250. The van der Waals surface area contributed by atoms with Crippen LogP contribution >= 0.6 is 0 Å². The lowest BCUT2D eigenvalue weighted by molar-refractivity contribution is 0.271. The molecule has 0 saturated carbocycles. The fourth-order valence-electron chi connectivity index (χ4n) is 4.44. The molecule has 2 heterocycles. The summed E-state index contributed by atoms with van der Waals surface area (Å²) in [5.74, 6) is 0.629. The molecular formula is C28H27FN2O. The van der Waals surface area contributed by atoms with E-state index in [0.29, 0.717) is 12.6 Å². The number of rotatable bonds is 6. The van der Waals surface area contributed by atoms with Crippen molar-refractivity contribution in [2.45, 2.75) is 31.7 Å². The van der Waals surface area contributed by atoms with Crippen LogP contribution in [0.25, 0.3) is 33.2 Å². The van der Waals surface area contributed by atoms with Gasteiger partial charge in [0.05, 0.1) is 12.1 Å². The van der Waals surface area contributed by atoms with Gasteiger partial charge in [0.15, 0.2) is 0 Å². The summed E-state index contributed by atoms with van der Waals surface area (Å²) in [6.45, 7) is 1.75. The average molecular weight is 427 g/mol. The minimum Gasteiger partial charge on any atom is -0.492 e. The van der Waals surface area contributed by atoms with Gasteiger partial charge in [-0.2, -0.15) is 0 Å². The molecule has 3 nitrogen and oxygen atoms in total. The normalized spacial score (nSPS) is 16.2. The van der Waals surface area contributed by atoms with Gasteiger partial charge in [-0.1, -0.05) is 55.0 Å². The molecule has 1 aliphatic heterocycles. The van der Waals surface area contributed by atoms with Crippen molar-refractivity contribution in [2.24, 2.45) is 0 Å².